The van der Waals surface area contributed by atoms with Gasteiger partial charge in [0.15, 0.2) is 12.2 Å². The fourth-order valence-corrected chi connectivity index (χ4v) is 12.9. The van der Waals surface area contributed by atoms with Gasteiger partial charge in [-0.15, -0.1) is 0 Å². The maximum absolute atomic E-state index is 13.1. The van der Waals surface area contributed by atoms with Gasteiger partial charge in [-0.25, -0.2) is 9.13 Å². The van der Waals surface area contributed by atoms with E-state index < -0.39 is 97.5 Å². The summed E-state index contributed by atoms with van der Waals surface area (Å²) in [5, 5.41) is 10.6. The Hall–Kier alpha value is -1.94. The summed E-state index contributed by atoms with van der Waals surface area (Å²) < 4.78 is 68.4. The quantitative estimate of drug-likeness (QED) is 0.0222. The van der Waals surface area contributed by atoms with Gasteiger partial charge in [0, 0.05) is 25.7 Å². The monoisotopic (exact) mass is 1370 g/mol. The van der Waals surface area contributed by atoms with Gasteiger partial charge in [-0.2, -0.15) is 0 Å². The number of hydrogen-bond donors (Lipinski definition) is 3. The van der Waals surface area contributed by atoms with Crippen molar-refractivity contribution in [3.63, 3.8) is 0 Å². The van der Waals surface area contributed by atoms with Crippen LogP contribution < -0.4 is 0 Å². The van der Waals surface area contributed by atoms with Crippen molar-refractivity contribution in [1.82, 2.24) is 0 Å². The summed E-state index contributed by atoms with van der Waals surface area (Å²) in [4.78, 5) is 72.6. The minimum absolute atomic E-state index is 0.107. The van der Waals surface area contributed by atoms with Crippen LogP contribution in [0.5, 0.6) is 0 Å². The lowest BCUT2D eigenvalue weighted by molar-refractivity contribution is -0.161. The van der Waals surface area contributed by atoms with Crippen LogP contribution in [0.2, 0.25) is 0 Å². The Morgan fingerprint density at radius 3 is 0.731 bits per heavy atom. The van der Waals surface area contributed by atoms with Gasteiger partial charge in [0.2, 0.25) is 0 Å². The number of aliphatic hydroxyl groups excluding tert-OH is 1. The van der Waals surface area contributed by atoms with Crippen molar-refractivity contribution >= 4 is 39.5 Å². The summed E-state index contributed by atoms with van der Waals surface area (Å²) >= 11 is 0. The number of rotatable bonds is 73. The topological polar surface area (TPSA) is 237 Å². The SMILES string of the molecule is CCCCCCCCCCCCCCCC(=O)O[C@H](COC(=O)CCCCCCCCCC)COP(=O)(O)OC[C@H](O)COP(=O)(O)OC[C@@H](COC(=O)CCCCCCCCCCCCC(C)C)OC(=O)CCCCCCCCCCCCCCCCCCC(C)C. The van der Waals surface area contributed by atoms with Gasteiger partial charge in [0.05, 0.1) is 26.4 Å². The number of carbonyl (C=O) groups is 4. The predicted molar refractivity (Wildman–Crippen MR) is 377 cm³/mol. The summed E-state index contributed by atoms with van der Waals surface area (Å²) in [6.45, 7) is 9.58. The van der Waals surface area contributed by atoms with Crippen LogP contribution in [0.1, 0.15) is 382 Å². The number of carbonyl (C=O) groups excluding carboxylic acids is 4. The molecular weight excluding hydrogens is 1220 g/mol. The molecule has 93 heavy (non-hydrogen) atoms. The maximum Gasteiger partial charge on any atom is 0.472 e. The average molecular weight is 1370 g/mol. The van der Waals surface area contributed by atoms with Crippen LogP contribution in [0, 0.1) is 11.8 Å². The smallest absolute Gasteiger partial charge is 0.462 e. The molecule has 552 valence electrons. The zero-order valence-corrected chi connectivity index (χ0v) is 62.3. The highest BCUT2D eigenvalue weighted by Gasteiger charge is 2.30. The van der Waals surface area contributed by atoms with E-state index in [1.165, 1.54) is 193 Å². The van der Waals surface area contributed by atoms with Crippen LogP contribution in [0.3, 0.4) is 0 Å². The highest BCUT2D eigenvalue weighted by atomic mass is 31.2. The van der Waals surface area contributed by atoms with Crippen LogP contribution in [0.25, 0.3) is 0 Å². The number of phosphoric acid groups is 2. The molecule has 0 saturated carbocycles. The van der Waals surface area contributed by atoms with E-state index in [0.717, 1.165) is 108 Å². The molecule has 0 spiro atoms. The Morgan fingerprint density at radius 2 is 0.495 bits per heavy atom. The summed E-state index contributed by atoms with van der Waals surface area (Å²) in [5.41, 5.74) is 0. The van der Waals surface area contributed by atoms with Crippen molar-refractivity contribution < 1.29 is 80.2 Å². The fourth-order valence-electron chi connectivity index (χ4n) is 11.3. The first-order valence-corrected chi connectivity index (χ1v) is 41.5. The molecule has 2 unspecified atom stereocenters. The molecule has 17 nitrogen and oxygen atoms in total. The second-order valence-corrected chi connectivity index (χ2v) is 30.5. The molecule has 0 aliphatic carbocycles. The van der Waals surface area contributed by atoms with Crippen LogP contribution in [-0.4, -0.2) is 96.7 Å². The highest BCUT2D eigenvalue weighted by molar-refractivity contribution is 7.47. The Bertz CT molecular complexity index is 1800. The summed E-state index contributed by atoms with van der Waals surface area (Å²) in [6, 6.07) is 0. The molecule has 0 aliphatic rings. The Balaban J connectivity index is 5.20. The predicted octanol–water partition coefficient (Wildman–Crippen LogP) is 21.6. The van der Waals surface area contributed by atoms with E-state index in [0.29, 0.717) is 25.7 Å². The van der Waals surface area contributed by atoms with Gasteiger partial charge in [-0.3, -0.25) is 37.3 Å². The van der Waals surface area contributed by atoms with Crippen LogP contribution in [0.4, 0.5) is 0 Å². The number of phosphoric ester groups is 2. The standard InChI is InChI=1S/C74H144O17P2/c1-7-9-11-13-15-17-18-23-27-34-40-46-52-58-73(78)90-69(62-84-71(76)56-50-44-38-16-14-12-10-8-2)64-88-92(80,81)86-60-68(75)61-87-93(82,83)89-65-70(63-85-72(77)57-51-45-39-33-30-29-32-37-43-49-55-67(5)6)91-74(79)59-53-47-41-35-28-25-22-20-19-21-24-26-31-36-42-48-54-66(3)4/h66-70,75H,7-65H2,1-6H3,(H,80,81)(H,82,83)/t68-,69+,70+/m0/s1. The lowest BCUT2D eigenvalue weighted by Gasteiger charge is -2.21. The van der Waals surface area contributed by atoms with E-state index in [-0.39, 0.29) is 25.7 Å². The third kappa shape index (κ3) is 68.4. The van der Waals surface area contributed by atoms with E-state index in [1.54, 1.807) is 0 Å². The molecular formula is C74H144O17P2. The maximum atomic E-state index is 13.1. The van der Waals surface area contributed by atoms with Crippen molar-refractivity contribution in [3.8, 4) is 0 Å². The molecule has 0 saturated heterocycles. The van der Waals surface area contributed by atoms with Gasteiger partial charge in [-0.05, 0) is 37.5 Å². The summed E-state index contributed by atoms with van der Waals surface area (Å²) in [6.07, 6.45) is 52.7. The summed E-state index contributed by atoms with van der Waals surface area (Å²) in [7, 11) is -9.90. The Kier molecular flexibility index (Phi) is 64.6. The van der Waals surface area contributed by atoms with Crippen molar-refractivity contribution in [2.45, 2.75) is 400 Å². The molecule has 19 heteroatoms. The molecule has 3 N–H and O–H groups in total. The molecule has 0 aromatic heterocycles. The molecule has 0 aromatic carbocycles. The van der Waals surface area contributed by atoms with Crippen molar-refractivity contribution in [1.29, 1.82) is 0 Å². The number of esters is 4. The number of hydrogen-bond acceptors (Lipinski definition) is 15. The molecule has 0 bridgehead atoms. The minimum Gasteiger partial charge on any atom is -0.462 e. The van der Waals surface area contributed by atoms with Crippen molar-refractivity contribution in [2.75, 3.05) is 39.6 Å². The molecule has 0 fully saturated rings. The lowest BCUT2D eigenvalue weighted by Crippen LogP contribution is -2.30. The number of aliphatic hydroxyl groups is 1. The minimum atomic E-state index is -4.95. The van der Waals surface area contributed by atoms with E-state index in [2.05, 4.69) is 41.5 Å². The molecule has 5 atom stereocenters. The van der Waals surface area contributed by atoms with Gasteiger partial charge < -0.3 is 33.8 Å². The third-order valence-electron chi connectivity index (χ3n) is 17.2. The normalized spacial score (nSPS) is 14.1. The Labute approximate surface area is 568 Å². The van der Waals surface area contributed by atoms with E-state index in [9.17, 15) is 43.2 Å². The average Bonchev–Trinajstić information content (AvgIpc) is 2.37. The second kappa shape index (κ2) is 66.0. The first-order valence-electron chi connectivity index (χ1n) is 38.5. The van der Waals surface area contributed by atoms with Crippen molar-refractivity contribution in [3.05, 3.63) is 0 Å². The largest absolute Gasteiger partial charge is 0.472 e. The number of unbranched alkanes of at least 4 members (excludes halogenated alkanes) is 43. The third-order valence-corrected chi connectivity index (χ3v) is 19.1. The molecule has 0 aromatic rings. The molecule has 0 heterocycles. The first kappa shape index (κ1) is 91.1. The molecule has 0 amide bonds. The number of ether oxygens (including phenoxy) is 4. The van der Waals surface area contributed by atoms with Crippen LogP contribution in [0.15, 0.2) is 0 Å². The summed E-state index contributed by atoms with van der Waals surface area (Å²) in [5.74, 6) is -0.552. The van der Waals surface area contributed by atoms with Crippen LogP contribution in [-0.2, 0) is 65.4 Å². The Morgan fingerprint density at radius 1 is 0.290 bits per heavy atom. The molecule has 0 aliphatic heterocycles. The van der Waals surface area contributed by atoms with Crippen molar-refractivity contribution in [2.24, 2.45) is 11.8 Å². The van der Waals surface area contributed by atoms with E-state index in [1.807, 2.05) is 0 Å². The van der Waals surface area contributed by atoms with E-state index in [4.69, 9.17) is 37.0 Å². The van der Waals surface area contributed by atoms with Gasteiger partial charge in [0.1, 0.15) is 19.3 Å². The zero-order chi connectivity index (χ0) is 68.6. The van der Waals surface area contributed by atoms with Crippen LogP contribution >= 0.6 is 15.6 Å². The van der Waals surface area contributed by atoms with Gasteiger partial charge >= 0.3 is 39.5 Å². The highest BCUT2D eigenvalue weighted by Crippen LogP contribution is 2.45. The van der Waals surface area contributed by atoms with Gasteiger partial charge in [-0.1, -0.05) is 330 Å². The second-order valence-electron chi connectivity index (χ2n) is 27.6. The van der Waals surface area contributed by atoms with E-state index >= 15 is 0 Å². The molecule has 0 rings (SSSR count). The first-order chi connectivity index (χ1) is 44.9. The lowest BCUT2D eigenvalue weighted by atomic mass is 10.0. The zero-order valence-electron chi connectivity index (χ0n) is 60.6. The fraction of sp³-hybridized carbons (Fsp3) is 0.946. The van der Waals surface area contributed by atoms with Gasteiger partial charge in [0.25, 0.3) is 0 Å². The molecule has 0 radical (unpaired) electrons.